The molecular weight excluding hydrogens is 430 g/mol. The van der Waals surface area contributed by atoms with E-state index < -0.39 is 8.07 Å². The SMILES string of the molecule is CCCCCCCCCC[Si](C)(C)CCCC(=O)NC(Cc1ccc(C)cc1)c1ccccc1. The van der Waals surface area contributed by atoms with E-state index in [1.807, 2.05) is 6.07 Å². The third kappa shape index (κ3) is 12.0. The summed E-state index contributed by atoms with van der Waals surface area (Å²) in [7, 11) is -1.20. The van der Waals surface area contributed by atoms with Gasteiger partial charge >= 0.3 is 0 Å². The highest BCUT2D eigenvalue weighted by Crippen LogP contribution is 2.23. The lowest BCUT2D eigenvalue weighted by Gasteiger charge is -2.23. The van der Waals surface area contributed by atoms with Gasteiger partial charge in [0.15, 0.2) is 0 Å². The van der Waals surface area contributed by atoms with Crippen molar-refractivity contribution in [1.29, 1.82) is 0 Å². The maximum Gasteiger partial charge on any atom is 0.220 e. The molecule has 0 aliphatic heterocycles. The molecule has 2 aromatic carbocycles. The lowest BCUT2D eigenvalue weighted by Crippen LogP contribution is -2.31. The molecule has 2 aromatic rings. The average molecular weight is 480 g/mol. The molecule has 0 spiro atoms. The predicted molar refractivity (Wildman–Crippen MR) is 151 cm³/mol. The van der Waals surface area contributed by atoms with E-state index in [0.717, 1.165) is 12.8 Å². The summed E-state index contributed by atoms with van der Waals surface area (Å²) in [5, 5.41) is 3.34. The van der Waals surface area contributed by atoms with Crippen LogP contribution in [0.1, 0.15) is 93.9 Å². The Balaban J connectivity index is 1.73. The Hall–Kier alpha value is -1.87. The van der Waals surface area contributed by atoms with E-state index in [2.05, 4.69) is 80.8 Å². The molecule has 0 aliphatic carbocycles. The highest BCUT2D eigenvalue weighted by atomic mass is 28.3. The fraction of sp³-hybridized carbons (Fsp3) is 0.581. The molecule has 0 radical (unpaired) electrons. The van der Waals surface area contributed by atoms with Crippen LogP contribution in [0, 0.1) is 6.92 Å². The van der Waals surface area contributed by atoms with Crippen LogP contribution in [-0.2, 0) is 11.2 Å². The van der Waals surface area contributed by atoms with Crippen molar-refractivity contribution in [3.05, 3.63) is 71.3 Å². The molecule has 0 aliphatic rings. The molecule has 2 rings (SSSR count). The van der Waals surface area contributed by atoms with Gasteiger partial charge in [-0.3, -0.25) is 4.79 Å². The van der Waals surface area contributed by atoms with Gasteiger partial charge in [-0.15, -0.1) is 0 Å². The molecule has 34 heavy (non-hydrogen) atoms. The Kier molecular flexibility index (Phi) is 13.3. The minimum absolute atomic E-state index is 0.0268. The number of unbranched alkanes of at least 4 members (excludes halogenated alkanes) is 7. The van der Waals surface area contributed by atoms with Gasteiger partial charge in [0.05, 0.1) is 6.04 Å². The van der Waals surface area contributed by atoms with Crippen molar-refractivity contribution in [2.45, 2.75) is 116 Å². The standard InChI is InChI=1S/C31H49NOSi/c1-5-6-7-8-9-10-11-15-24-34(3,4)25-16-19-31(33)32-30(29-17-13-12-14-18-29)26-28-22-20-27(2)21-23-28/h12-14,17-18,20-23,30H,5-11,15-16,19,24-26H2,1-4H3,(H,32,33). The largest absolute Gasteiger partial charge is 0.349 e. The second-order valence-corrected chi connectivity index (χ2v) is 16.3. The van der Waals surface area contributed by atoms with Crippen LogP contribution in [0.3, 0.4) is 0 Å². The van der Waals surface area contributed by atoms with Gasteiger partial charge in [-0.1, -0.05) is 144 Å². The maximum absolute atomic E-state index is 12.9. The number of amides is 1. The zero-order chi connectivity index (χ0) is 24.7. The number of carbonyl (C=O) groups is 1. The monoisotopic (exact) mass is 479 g/mol. The van der Waals surface area contributed by atoms with Gasteiger partial charge in [0.1, 0.15) is 0 Å². The van der Waals surface area contributed by atoms with Crippen molar-refractivity contribution < 1.29 is 4.79 Å². The van der Waals surface area contributed by atoms with Crippen molar-refractivity contribution in [2.75, 3.05) is 0 Å². The lowest BCUT2D eigenvalue weighted by atomic mass is 9.98. The first-order chi connectivity index (χ1) is 16.4. The number of nitrogens with one attached hydrogen (secondary N) is 1. The molecular formula is C31H49NOSi. The van der Waals surface area contributed by atoms with E-state index in [4.69, 9.17) is 0 Å². The maximum atomic E-state index is 12.9. The van der Waals surface area contributed by atoms with Crippen molar-refractivity contribution in [1.82, 2.24) is 5.32 Å². The summed E-state index contributed by atoms with van der Waals surface area (Å²) >= 11 is 0. The molecule has 0 aromatic heterocycles. The molecule has 1 atom stereocenters. The summed E-state index contributed by atoms with van der Waals surface area (Å²) in [5.74, 6) is 0.192. The third-order valence-corrected chi connectivity index (χ3v) is 10.5. The van der Waals surface area contributed by atoms with Crippen LogP contribution in [0.15, 0.2) is 54.6 Å². The van der Waals surface area contributed by atoms with Crippen LogP contribution in [-0.4, -0.2) is 14.0 Å². The number of aryl methyl sites for hydroxylation is 1. The smallest absolute Gasteiger partial charge is 0.220 e. The predicted octanol–water partition coefficient (Wildman–Crippen LogP) is 9.02. The Morgan fingerprint density at radius 2 is 1.38 bits per heavy atom. The van der Waals surface area contributed by atoms with E-state index in [1.54, 1.807) is 0 Å². The van der Waals surface area contributed by atoms with Crippen LogP contribution in [0.2, 0.25) is 25.2 Å². The summed E-state index contributed by atoms with van der Waals surface area (Å²) in [6.45, 7) is 9.41. The summed E-state index contributed by atoms with van der Waals surface area (Å²) < 4.78 is 0. The van der Waals surface area contributed by atoms with Crippen LogP contribution >= 0.6 is 0 Å². The number of carbonyl (C=O) groups excluding carboxylic acids is 1. The molecule has 1 N–H and O–H groups in total. The van der Waals surface area contributed by atoms with Gasteiger partial charge in [-0.25, -0.2) is 0 Å². The Morgan fingerprint density at radius 3 is 2.03 bits per heavy atom. The Bertz CT molecular complexity index is 800. The molecule has 2 nitrogen and oxygen atoms in total. The van der Waals surface area contributed by atoms with Crippen LogP contribution in [0.25, 0.3) is 0 Å². The second-order valence-electron chi connectivity index (χ2n) is 11.0. The zero-order valence-corrected chi connectivity index (χ0v) is 23.4. The molecule has 0 saturated carbocycles. The minimum Gasteiger partial charge on any atom is -0.349 e. The Labute approximate surface area is 211 Å². The van der Waals surface area contributed by atoms with Crippen molar-refractivity contribution in [3.63, 3.8) is 0 Å². The number of hydrogen-bond acceptors (Lipinski definition) is 1. The lowest BCUT2D eigenvalue weighted by molar-refractivity contribution is -0.121. The van der Waals surface area contributed by atoms with E-state index in [9.17, 15) is 4.79 Å². The summed E-state index contributed by atoms with van der Waals surface area (Å²) in [4.78, 5) is 12.9. The molecule has 3 heteroatoms. The van der Waals surface area contributed by atoms with Crippen molar-refractivity contribution in [2.24, 2.45) is 0 Å². The first-order valence-electron chi connectivity index (χ1n) is 13.8. The summed E-state index contributed by atoms with van der Waals surface area (Å²) in [6.07, 6.45) is 13.6. The molecule has 1 amide bonds. The minimum atomic E-state index is -1.20. The van der Waals surface area contributed by atoms with E-state index in [1.165, 1.54) is 80.1 Å². The molecule has 0 heterocycles. The number of rotatable bonds is 17. The fourth-order valence-electron chi connectivity index (χ4n) is 4.75. The average Bonchev–Trinajstić information content (AvgIpc) is 2.82. The summed E-state index contributed by atoms with van der Waals surface area (Å²) in [5.41, 5.74) is 3.71. The van der Waals surface area contributed by atoms with Gasteiger partial charge in [0, 0.05) is 14.5 Å². The third-order valence-electron chi connectivity index (χ3n) is 7.06. The van der Waals surface area contributed by atoms with Crippen LogP contribution in [0.4, 0.5) is 0 Å². The molecule has 0 saturated heterocycles. The molecule has 0 fully saturated rings. The van der Waals surface area contributed by atoms with Gasteiger partial charge in [-0.2, -0.15) is 0 Å². The molecule has 1 unspecified atom stereocenters. The first-order valence-corrected chi connectivity index (χ1v) is 17.2. The molecule has 188 valence electrons. The number of hydrogen-bond donors (Lipinski definition) is 1. The number of benzene rings is 2. The zero-order valence-electron chi connectivity index (χ0n) is 22.4. The highest BCUT2D eigenvalue weighted by molar-refractivity contribution is 6.77. The molecule has 0 bridgehead atoms. The normalized spacial score (nSPS) is 12.5. The van der Waals surface area contributed by atoms with Crippen molar-refractivity contribution >= 4 is 14.0 Å². The van der Waals surface area contributed by atoms with Crippen LogP contribution < -0.4 is 5.32 Å². The highest BCUT2D eigenvalue weighted by Gasteiger charge is 2.21. The van der Waals surface area contributed by atoms with E-state index in [0.29, 0.717) is 6.42 Å². The van der Waals surface area contributed by atoms with Gasteiger partial charge in [-0.05, 0) is 30.9 Å². The fourth-order valence-corrected chi connectivity index (χ4v) is 7.34. The van der Waals surface area contributed by atoms with Crippen LogP contribution in [0.5, 0.6) is 0 Å². The summed E-state index contributed by atoms with van der Waals surface area (Å²) in [6, 6.07) is 21.7. The topological polar surface area (TPSA) is 29.1 Å². The van der Waals surface area contributed by atoms with Gasteiger partial charge < -0.3 is 5.32 Å². The second kappa shape index (κ2) is 15.9. The van der Waals surface area contributed by atoms with E-state index >= 15 is 0 Å². The van der Waals surface area contributed by atoms with Crippen molar-refractivity contribution in [3.8, 4) is 0 Å². The quantitative estimate of drug-likeness (QED) is 0.178. The van der Waals surface area contributed by atoms with Gasteiger partial charge in [0.2, 0.25) is 5.91 Å². The Morgan fingerprint density at radius 1 is 0.794 bits per heavy atom. The van der Waals surface area contributed by atoms with Gasteiger partial charge in [0.25, 0.3) is 0 Å². The van der Waals surface area contributed by atoms with E-state index in [-0.39, 0.29) is 11.9 Å². The first kappa shape index (κ1) is 28.4.